The second kappa shape index (κ2) is 9.95. The molecule has 8 nitrogen and oxygen atoms in total. The third-order valence-electron chi connectivity index (χ3n) is 5.75. The number of rotatable bonds is 5. The first kappa shape index (κ1) is 24.5. The predicted octanol–water partition coefficient (Wildman–Crippen LogP) is 3.19. The fourth-order valence-corrected chi connectivity index (χ4v) is 3.89. The number of halogens is 3. The van der Waals surface area contributed by atoms with Crippen LogP contribution in [0.4, 0.5) is 24.5 Å². The molecule has 2 aliphatic heterocycles. The smallest absolute Gasteiger partial charge is 0.416 e. The zero-order valence-electron chi connectivity index (χ0n) is 18.8. The summed E-state index contributed by atoms with van der Waals surface area (Å²) < 4.78 is 55.5. The number of morpholine rings is 1. The molecule has 0 aromatic heterocycles. The van der Waals surface area contributed by atoms with E-state index >= 15 is 0 Å². The van der Waals surface area contributed by atoms with Gasteiger partial charge in [-0.25, -0.2) is 9.59 Å². The number of hydrogen-bond donors (Lipinski definition) is 1. The zero-order valence-corrected chi connectivity index (χ0v) is 18.8. The van der Waals surface area contributed by atoms with Gasteiger partial charge in [0.05, 0.1) is 35.7 Å². The molecular weight excluding hydrogens is 469 g/mol. The molecule has 2 aromatic rings. The fraction of sp³-hybridized carbons (Fsp3) is 0.375. The van der Waals surface area contributed by atoms with Gasteiger partial charge in [-0.2, -0.15) is 13.2 Å². The van der Waals surface area contributed by atoms with E-state index in [4.69, 9.17) is 14.2 Å². The first-order chi connectivity index (χ1) is 16.6. The Morgan fingerprint density at radius 2 is 1.86 bits per heavy atom. The second-order valence-electron chi connectivity index (χ2n) is 8.15. The molecule has 2 aliphatic rings. The number of ether oxygens (including phenoxy) is 3. The average Bonchev–Trinajstić information content (AvgIpc) is 2.84. The summed E-state index contributed by atoms with van der Waals surface area (Å²) in [4.78, 5) is 39.3. The van der Waals surface area contributed by atoms with E-state index in [0.717, 1.165) is 12.1 Å². The van der Waals surface area contributed by atoms with Crippen molar-refractivity contribution >= 4 is 29.2 Å². The van der Waals surface area contributed by atoms with Gasteiger partial charge in [-0.05, 0) is 36.8 Å². The molecule has 0 aliphatic carbocycles. The number of anilines is 2. The second-order valence-corrected chi connectivity index (χ2v) is 8.15. The highest BCUT2D eigenvalue weighted by Crippen LogP contribution is 2.36. The summed E-state index contributed by atoms with van der Waals surface area (Å²) in [6, 6.07) is 9.74. The number of carbonyl (C=O) groups excluding carboxylic acids is 3. The Morgan fingerprint density at radius 3 is 2.57 bits per heavy atom. The monoisotopic (exact) mass is 492 g/mol. The van der Waals surface area contributed by atoms with Crippen molar-refractivity contribution in [1.29, 1.82) is 0 Å². The minimum atomic E-state index is -4.61. The van der Waals surface area contributed by atoms with Crippen LogP contribution in [0.1, 0.15) is 28.4 Å². The van der Waals surface area contributed by atoms with Gasteiger partial charge in [-0.1, -0.05) is 18.2 Å². The number of benzene rings is 2. The maximum absolute atomic E-state index is 13.3. The van der Waals surface area contributed by atoms with Gasteiger partial charge in [0.15, 0.2) is 6.10 Å². The number of fused-ring (bicyclic) bond motifs is 1. The molecule has 4 rings (SSSR count). The van der Waals surface area contributed by atoms with E-state index in [0.29, 0.717) is 43.1 Å². The van der Waals surface area contributed by atoms with Crippen molar-refractivity contribution in [3.05, 3.63) is 59.2 Å². The predicted molar refractivity (Wildman–Crippen MR) is 118 cm³/mol. The van der Waals surface area contributed by atoms with Gasteiger partial charge in [0.25, 0.3) is 5.91 Å². The Bertz CT molecular complexity index is 1130. The molecule has 11 heteroatoms. The third-order valence-corrected chi connectivity index (χ3v) is 5.75. The third kappa shape index (κ3) is 5.56. The summed E-state index contributed by atoms with van der Waals surface area (Å²) in [5, 5.41) is 2.45. The zero-order chi connectivity index (χ0) is 25.2. The Morgan fingerprint density at radius 1 is 1.14 bits per heavy atom. The van der Waals surface area contributed by atoms with Gasteiger partial charge in [-0.15, -0.1) is 0 Å². The van der Waals surface area contributed by atoms with Crippen molar-refractivity contribution in [1.82, 2.24) is 0 Å². The van der Waals surface area contributed by atoms with Gasteiger partial charge >= 0.3 is 18.1 Å². The van der Waals surface area contributed by atoms with Gasteiger partial charge in [0.1, 0.15) is 0 Å². The molecule has 1 saturated heterocycles. The fourth-order valence-electron chi connectivity index (χ4n) is 3.89. The first-order valence-electron chi connectivity index (χ1n) is 11.0. The molecule has 2 atom stereocenters. The molecule has 0 saturated carbocycles. The minimum absolute atomic E-state index is 0.0624. The van der Waals surface area contributed by atoms with Gasteiger partial charge in [0.2, 0.25) is 6.10 Å². The molecule has 0 bridgehead atoms. The molecule has 1 fully saturated rings. The summed E-state index contributed by atoms with van der Waals surface area (Å²) in [6.45, 7) is 2.95. The van der Waals surface area contributed by atoms with E-state index in [2.05, 4.69) is 5.32 Å². The lowest BCUT2D eigenvalue weighted by atomic mass is 9.99. The summed E-state index contributed by atoms with van der Waals surface area (Å²) in [5.41, 5.74) is 0.366. The summed E-state index contributed by atoms with van der Waals surface area (Å²) in [5.74, 6) is -2.42. The number of esters is 2. The molecule has 0 radical (unpaired) electrons. The first-order valence-corrected chi connectivity index (χ1v) is 11.0. The van der Waals surface area contributed by atoms with E-state index in [-0.39, 0.29) is 12.1 Å². The molecule has 1 N–H and O–H groups in total. The Balaban J connectivity index is 1.47. The van der Waals surface area contributed by atoms with Crippen LogP contribution in [0.15, 0.2) is 42.5 Å². The topological polar surface area (TPSA) is 94.2 Å². The number of amides is 1. The SMILES string of the molecule is C[C@H](OC(=O)[C@@H]1Cc2ccccc2C(=O)O1)C(=O)Nc1cc(C(F)(F)F)ccc1N1CCOCC1. The standard InChI is InChI=1S/C24H23F3N2O6/c1-14(34-23(32)20-12-15-4-2-3-5-17(15)22(31)35-20)21(30)28-18-13-16(24(25,26)27)6-7-19(18)29-8-10-33-11-9-29/h2-7,13-14,20H,8-12H2,1H3,(H,28,30)/t14-,20-/m0/s1. The lowest BCUT2D eigenvalue weighted by molar-refractivity contribution is -0.162. The molecule has 0 spiro atoms. The Labute approximate surface area is 198 Å². The van der Waals surface area contributed by atoms with E-state index in [1.54, 1.807) is 29.2 Å². The molecular formula is C24H23F3N2O6. The molecule has 0 unspecified atom stereocenters. The van der Waals surface area contributed by atoms with Crippen LogP contribution >= 0.6 is 0 Å². The summed E-state index contributed by atoms with van der Waals surface area (Å²) in [7, 11) is 0. The number of nitrogens with one attached hydrogen (secondary N) is 1. The highest BCUT2D eigenvalue weighted by molar-refractivity contribution is 5.99. The molecule has 35 heavy (non-hydrogen) atoms. The molecule has 2 heterocycles. The number of cyclic esters (lactones) is 1. The van der Waals surface area contributed by atoms with E-state index in [1.165, 1.54) is 13.0 Å². The van der Waals surface area contributed by atoms with Crippen molar-refractivity contribution in [2.75, 3.05) is 36.5 Å². The highest BCUT2D eigenvalue weighted by Gasteiger charge is 2.35. The van der Waals surface area contributed by atoms with Crippen LogP contribution in [0.25, 0.3) is 0 Å². The number of carbonyl (C=O) groups is 3. The van der Waals surface area contributed by atoms with Crippen molar-refractivity contribution in [2.24, 2.45) is 0 Å². The Hall–Kier alpha value is -3.60. The van der Waals surface area contributed by atoms with Crippen LogP contribution in [0.5, 0.6) is 0 Å². The summed E-state index contributed by atoms with van der Waals surface area (Å²) >= 11 is 0. The van der Waals surface area contributed by atoms with Crippen LogP contribution < -0.4 is 10.2 Å². The van der Waals surface area contributed by atoms with E-state index < -0.39 is 41.8 Å². The van der Waals surface area contributed by atoms with Gasteiger partial charge < -0.3 is 24.4 Å². The quantitative estimate of drug-likeness (QED) is 0.641. The maximum atomic E-state index is 13.3. The van der Waals surface area contributed by atoms with Crippen LogP contribution in [0, 0.1) is 0 Å². The molecule has 1 amide bonds. The van der Waals surface area contributed by atoms with Crippen molar-refractivity contribution < 1.29 is 41.8 Å². The molecule has 186 valence electrons. The average molecular weight is 492 g/mol. The largest absolute Gasteiger partial charge is 0.450 e. The normalized spacial score (nSPS) is 18.8. The Kier molecular flexibility index (Phi) is 6.97. The van der Waals surface area contributed by atoms with Crippen LogP contribution in [0.2, 0.25) is 0 Å². The lowest BCUT2D eigenvalue weighted by Crippen LogP contribution is -2.40. The minimum Gasteiger partial charge on any atom is -0.450 e. The van der Waals surface area contributed by atoms with Crippen LogP contribution in [-0.2, 0) is 36.4 Å². The van der Waals surface area contributed by atoms with Crippen LogP contribution in [-0.4, -0.2) is 56.4 Å². The lowest BCUT2D eigenvalue weighted by Gasteiger charge is -2.31. The van der Waals surface area contributed by atoms with Gasteiger partial charge in [0, 0.05) is 19.5 Å². The van der Waals surface area contributed by atoms with E-state index in [9.17, 15) is 27.6 Å². The molecule has 2 aromatic carbocycles. The highest BCUT2D eigenvalue weighted by atomic mass is 19.4. The number of hydrogen-bond acceptors (Lipinski definition) is 7. The van der Waals surface area contributed by atoms with Crippen molar-refractivity contribution in [3.63, 3.8) is 0 Å². The van der Waals surface area contributed by atoms with Crippen molar-refractivity contribution in [2.45, 2.75) is 31.7 Å². The maximum Gasteiger partial charge on any atom is 0.416 e. The van der Waals surface area contributed by atoms with E-state index in [1.807, 2.05) is 0 Å². The number of nitrogens with zero attached hydrogens (tertiary/aromatic N) is 1. The number of alkyl halides is 3. The van der Waals surface area contributed by atoms with Gasteiger partial charge in [-0.3, -0.25) is 4.79 Å². The summed E-state index contributed by atoms with van der Waals surface area (Å²) in [6.07, 6.45) is -7.11. The van der Waals surface area contributed by atoms with Crippen LogP contribution in [0.3, 0.4) is 0 Å². The van der Waals surface area contributed by atoms with Crippen molar-refractivity contribution in [3.8, 4) is 0 Å².